The third-order valence-electron chi connectivity index (χ3n) is 3.16. The lowest BCUT2D eigenvalue weighted by atomic mass is 10.1. The maximum atomic E-state index is 12.3. The SMILES string of the molecule is CCOc1cccc(NC(=O)[C@H](CCCCC(=O)O)NC(=O)O)c1. The van der Waals surface area contributed by atoms with Crippen LogP contribution in [0.25, 0.3) is 0 Å². The first-order valence-corrected chi connectivity index (χ1v) is 7.67. The van der Waals surface area contributed by atoms with E-state index in [2.05, 4.69) is 10.6 Å². The molecule has 0 saturated carbocycles. The number of aliphatic carboxylic acids is 1. The van der Waals surface area contributed by atoms with Crippen LogP contribution in [0.2, 0.25) is 0 Å². The number of anilines is 1. The van der Waals surface area contributed by atoms with E-state index < -0.39 is 24.0 Å². The lowest BCUT2D eigenvalue weighted by Crippen LogP contribution is -2.43. The van der Waals surface area contributed by atoms with Gasteiger partial charge < -0.3 is 25.6 Å². The van der Waals surface area contributed by atoms with Crippen LogP contribution in [0.3, 0.4) is 0 Å². The first-order chi connectivity index (χ1) is 11.4. The van der Waals surface area contributed by atoms with Gasteiger partial charge in [-0.3, -0.25) is 9.59 Å². The maximum absolute atomic E-state index is 12.3. The Kier molecular flexibility index (Phi) is 8.10. The van der Waals surface area contributed by atoms with Crippen LogP contribution >= 0.6 is 0 Å². The van der Waals surface area contributed by atoms with Gasteiger partial charge in [-0.2, -0.15) is 0 Å². The van der Waals surface area contributed by atoms with Crippen LogP contribution in [0.1, 0.15) is 32.6 Å². The molecule has 0 fully saturated rings. The molecule has 0 spiro atoms. The van der Waals surface area contributed by atoms with Crippen molar-refractivity contribution in [2.75, 3.05) is 11.9 Å². The molecule has 1 atom stereocenters. The van der Waals surface area contributed by atoms with Gasteiger partial charge in [-0.15, -0.1) is 0 Å². The standard InChI is InChI=1S/C16H22N2O6/c1-2-24-12-7-5-6-11(10-12)17-15(21)13(18-16(22)23)8-3-4-9-14(19)20/h5-7,10,13,18H,2-4,8-9H2,1H3,(H,17,21)(H,19,20)(H,22,23)/t13-/m0/s1. The number of rotatable bonds is 10. The van der Waals surface area contributed by atoms with Crippen molar-refractivity contribution in [3.8, 4) is 5.75 Å². The lowest BCUT2D eigenvalue weighted by Gasteiger charge is -2.17. The zero-order chi connectivity index (χ0) is 17.9. The average Bonchev–Trinajstić information content (AvgIpc) is 2.50. The van der Waals surface area contributed by atoms with Gasteiger partial charge in [0.25, 0.3) is 0 Å². The molecule has 2 amide bonds. The van der Waals surface area contributed by atoms with Crippen molar-refractivity contribution in [2.24, 2.45) is 0 Å². The number of amides is 2. The largest absolute Gasteiger partial charge is 0.494 e. The van der Waals surface area contributed by atoms with Crippen LogP contribution in [0.15, 0.2) is 24.3 Å². The number of carbonyl (C=O) groups is 3. The molecule has 0 aromatic heterocycles. The molecule has 24 heavy (non-hydrogen) atoms. The molecule has 4 N–H and O–H groups in total. The second kappa shape index (κ2) is 10.1. The summed E-state index contributed by atoms with van der Waals surface area (Å²) in [4.78, 5) is 33.6. The molecule has 8 heteroatoms. The van der Waals surface area contributed by atoms with Gasteiger partial charge in [0.15, 0.2) is 0 Å². The van der Waals surface area contributed by atoms with E-state index in [0.29, 0.717) is 30.9 Å². The molecule has 8 nitrogen and oxygen atoms in total. The number of nitrogens with one attached hydrogen (secondary N) is 2. The third kappa shape index (κ3) is 7.48. The number of hydrogen-bond acceptors (Lipinski definition) is 4. The molecule has 1 aromatic carbocycles. The van der Waals surface area contributed by atoms with Gasteiger partial charge in [0.05, 0.1) is 6.61 Å². The van der Waals surface area contributed by atoms with E-state index in [1.807, 2.05) is 6.92 Å². The highest BCUT2D eigenvalue weighted by Gasteiger charge is 2.20. The molecule has 0 saturated heterocycles. The fourth-order valence-electron chi connectivity index (χ4n) is 2.10. The van der Waals surface area contributed by atoms with Crippen molar-refractivity contribution in [1.82, 2.24) is 5.32 Å². The summed E-state index contributed by atoms with van der Waals surface area (Å²) in [6.45, 7) is 2.33. The molecular formula is C16H22N2O6. The van der Waals surface area contributed by atoms with Gasteiger partial charge >= 0.3 is 12.1 Å². The molecule has 132 valence electrons. The maximum Gasteiger partial charge on any atom is 0.405 e. The molecule has 1 rings (SSSR count). The summed E-state index contributed by atoms with van der Waals surface area (Å²) in [6, 6.07) is 5.82. The molecule has 0 heterocycles. The number of hydrogen-bond donors (Lipinski definition) is 4. The highest BCUT2D eigenvalue weighted by Crippen LogP contribution is 2.18. The molecule has 0 bridgehead atoms. The van der Waals surface area contributed by atoms with Crippen LogP contribution in [-0.4, -0.2) is 40.8 Å². The van der Waals surface area contributed by atoms with Crippen LogP contribution in [0, 0.1) is 0 Å². The number of ether oxygens (including phenoxy) is 1. The Balaban J connectivity index is 2.64. The van der Waals surface area contributed by atoms with E-state index in [0.717, 1.165) is 0 Å². The fraction of sp³-hybridized carbons (Fsp3) is 0.438. The summed E-state index contributed by atoms with van der Waals surface area (Å²) >= 11 is 0. The van der Waals surface area contributed by atoms with E-state index in [4.69, 9.17) is 14.9 Å². The number of carboxylic acid groups (broad SMARTS) is 2. The normalized spacial score (nSPS) is 11.4. The summed E-state index contributed by atoms with van der Waals surface area (Å²) in [5, 5.41) is 22.2. The monoisotopic (exact) mass is 338 g/mol. The van der Waals surface area contributed by atoms with Crippen molar-refractivity contribution >= 4 is 23.7 Å². The minimum Gasteiger partial charge on any atom is -0.494 e. The average molecular weight is 338 g/mol. The summed E-state index contributed by atoms with van der Waals surface area (Å²) in [5.74, 6) is -0.823. The number of benzene rings is 1. The minimum atomic E-state index is -1.31. The molecule has 0 aliphatic carbocycles. The molecule has 0 aliphatic heterocycles. The van der Waals surface area contributed by atoms with Crippen LogP contribution in [-0.2, 0) is 9.59 Å². The Morgan fingerprint density at radius 2 is 1.96 bits per heavy atom. The number of carboxylic acids is 1. The minimum absolute atomic E-state index is 0.0161. The molecule has 0 aliphatic rings. The fourth-order valence-corrected chi connectivity index (χ4v) is 2.10. The summed E-state index contributed by atoms with van der Waals surface area (Å²) in [6.07, 6.45) is -0.311. The molecular weight excluding hydrogens is 316 g/mol. The smallest absolute Gasteiger partial charge is 0.405 e. The third-order valence-corrected chi connectivity index (χ3v) is 3.16. The van der Waals surface area contributed by atoms with Crippen molar-refractivity contribution in [2.45, 2.75) is 38.6 Å². The topological polar surface area (TPSA) is 125 Å². The second-order valence-electron chi connectivity index (χ2n) is 5.09. The van der Waals surface area contributed by atoms with Gasteiger partial charge in [0, 0.05) is 18.2 Å². The molecule has 0 radical (unpaired) electrons. The van der Waals surface area contributed by atoms with Gasteiger partial charge in [-0.05, 0) is 31.9 Å². The van der Waals surface area contributed by atoms with Gasteiger partial charge in [0.1, 0.15) is 11.8 Å². The van der Waals surface area contributed by atoms with Crippen molar-refractivity contribution in [1.29, 1.82) is 0 Å². The van der Waals surface area contributed by atoms with E-state index in [1.54, 1.807) is 24.3 Å². The second-order valence-corrected chi connectivity index (χ2v) is 5.09. The Hall–Kier alpha value is -2.77. The van der Waals surface area contributed by atoms with Crippen molar-refractivity contribution < 1.29 is 29.3 Å². The number of carbonyl (C=O) groups excluding carboxylic acids is 1. The quantitative estimate of drug-likeness (QED) is 0.485. The highest BCUT2D eigenvalue weighted by atomic mass is 16.5. The Morgan fingerprint density at radius 3 is 2.58 bits per heavy atom. The Labute approximate surface area is 139 Å². The van der Waals surface area contributed by atoms with Gasteiger partial charge in [0.2, 0.25) is 5.91 Å². The van der Waals surface area contributed by atoms with Crippen LogP contribution < -0.4 is 15.4 Å². The zero-order valence-corrected chi connectivity index (χ0v) is 13.4. The highest BCUT2D eigenvalue weighted by molar-refractivity contribution is 5.96. The van der Waals surface area contributed by atoms with E-state index in [-0.39, 0.29) is 12.8 Å². The predicted octanol–water partition coefficient (Wildman–Crippen LogP) is 2.30. The Bertz CT molecular complexity index is 575. The van der Waals surface area contributed by atoms with Crippen LogP contribution in [0.4, 0.5) is 10.5 Å². The summed E-state index contributed by atoms with van der Waals surface area (Å²) in [5.41, 5.74) is 0.494. The van der Waals surface area contributed by atoms with E-state index in [1.165, 1.54) is 0 Å². The van der Waals surface area contributed by atoms with Crippen molar-refractivity contribution in [3.63, 3.8) is 0 Å². The first-order valence-electron chi connectivity index (χ1n) is 7.67. The van der Waals surface area contributed by atoms with Crippen molar-refractivity contribution in [3.05, 3.63) is 24.3 Å². The molecule has 1 aromatic rings. The molecule has 0 unspecified atom stereocenters. The van der Waals surface area contributed by atoms with E-state index >= 15 is 0 Å². The predicted molar refractivity (Wildman–Crippen MR) is 87.3 cm³/mol. The number of unbranched alkanes of at least 4 members (excludes halogenated alkanes) is 1. The van der Waals surface area contributed by atoms with Gasteiger partial charge in [-0.1, -0.05) is 12.5 Å². The van der Waals surface area contributed by atoms with E-state index in [9.17, 15) is 14.4 Å². The van der Waals surface area contributed by atoms with Gasteiger partial charge in [-0.25, -0.2) is 4.79 Å². The lowest BCUT2D eigenvalue weighted by molar-refractivity contribution is -0.137. The summed E-state index contributed by atoms with van der Waals surface area (Å²) in [7, 11) is 0. The van der Waals surface area contributed by atoms with Crippen LogP contribution in [0.5, 0.6) is 5.75 Å². The summed E-state index contributed by atoms with van der Waals surface area (Å²) < 4.78 is 5.34. The zero-order valence-electron chi connectivity index (χ0n) is 13.4. The first kappa shape index (κ1) is 19.3. The Morgan fingerprint density at radius 1 is 1.21 bits per heavy atom.